The molecule has 92 valence electrons. The average Bonchev–Trinajstić information content (AvgIpc) is 2.39. The van der Waals surface area contributed by atoms with Crippen LogP contribution in [0.2, 0.25) is 0 Å². The van der Waals surface area contributed by atoms with E-state index in [0.29, 0.717) is 17.6 Å². The van der Waals surface area contributed by atoms with Crippen molar-refractivity contribution in [2.45, 2.75) is 47.0 Å². The van der Waals surface area contributed by atoms with E-state index in [-0.39, 0.29) is 0 Å². The van der Waals surface area contributed by atoms with Gasteiger partial charge in [-0.05, 0) is 55.7 Å². The number of carbonyl (C=O) groups excluding carboxylic acids is 1. The van der Waals surface area contributed by atoms with Gasteiger partial charge in [-0.3, -0.25) is 4.79 Å². The van der Waals surface area contributed by atoms with Crippen LogP contribution in [0.4, 0.5) is 0 Å². The second-order valence-electron chi connectivity index (χ2n) is 5.78. The van der Waals surface area contributed by atoms with E-state index in [9.17, 15) is 4.79 Å². The van der Waals surface area contributed by atoms with Crippen LogP contribution in [-0.2, 0) is 6.42 Å². The smallest absolute Gasteiger partial charge is 0.163 e. The zero-order valence-corrected chi connectivity index (χ0v) is 11.3. The number of fused-ring (bicyclic) bond motifs is 1. The molecule has 1 heteroatoms. The Morgan fingerprint density at radius 1 is 1.24 bits per heavy atom. The van der Waals surface area contributed by atoms with Crippen LogP contribution in [0.5, 0.6) is 0 Å². The fraction of sp³-hybridized carbons (Fsp3) is 0.562. The molecule has 0 saturated heterocycles. The van der Waals surface area contributed by atoms with Gasteiger partial charge in [-0.1, -0.05) is 25.5 Å². The molecule has 0 unspecified atom stereocenters. The largest absolute Gasteiger partial charge is 0.294 e. The fourth-order valence-electron chi connectivity index (χ4n) is 2.93. The summed E-state index contributed by atoms with van der Waals surface area (Å²) in [5, 5.41) is 0. The first kappa shape index (κ1) is 12.3. The van der Waals surface area contributed by atoms with Gasteiger partial charge in [-0.2, -0.15) is 0 Å². The van der Waals surface area contributed by atoms with Crippen LogP contribution in [-0.4, -0.2) is 5.78 Å². The summed E-state index contributed by atoms with van der Waals surface area (Å²) in [4.78, 5) is 12.3. The van der Waals surface area contributed by atoms with Crippen molar-refractivity contribution in [3.63, 3.8) is 0 Å². The zero-order valence-electron chi connectivity index (χ0n) is 11.3. The number of hydrogen-bond donors (Lipinski definition) is 0. The summed E-state index contributed by atoms with van der Waals surface area (Å²) >= 11 is 0. The minimum absolute atomic E-state index is 0.350. The Balaban J connectivity index is 2.41. The van der Waals surface area contributed by atoms with Gasteiger partial charge in [0, 0.05) is 12.0 Å². The van der Waals surface area contributed by atoms with Crippen molar-refractivity contribution in [1.82, 2.24) is 0 Å². The van der Waals surface area contributed by atoms with Crippen molar-refractivity contribution < 1.29 is 4.79 Å². The molecule has 0 aromatic heterocycles. The molecule has 0 spiro atoms. The van der Waals surface area contributed by atoms with Gasteiger partial charge in [0.05, 0.1) is 0 Å². The summed E-state index contributed by atoms with van der Waals surface area (Å²) in [7, 11) is 0. The SMILES string of the molecule is Cc1cc(C)c2c(c1)C(=O)C[C@@H](C(C)C)CC2. The number of rotatable bonds is 1. The molecule has 1 aliphatic rings. The van der Waals surface area contributed by atoms with Crippen LogP contribution in [0.3, 0.4) is 0 Å². The summed E-state index contributed by atoms with van der Waals surface area (Å²) < 4.78 is 0. The van der Waals surface area contributed by atoms with Crippen molar-refractivity contribution in [1.29, 1.82) is 0 Å². The van der Waals surface area contributed by atoms with E-state index >= 15 is 0 Å². The number of carbonyl (C=O) groups is 1. The maximum absolute atomic E-state index is 12.3. The fourth-order valence-corrected chi connectivity index (χ4v) is 2.93. The Kier molecular flexibility index (Phi) is 3.37. The van der Waals surface area contributed by atoms with Gasteiger partial charge < -0.3 is 0 Å². The van der Waals surface area contributed by atoms with Crippen molar-refractivity contribution in [2.24, 2.45) is 11.8 Å². The third-order valence-corrected chi connectivity index (χ3v) is 4.07. The maximum atomic E-state index is 12.3. The maximum Gasteiger partial charge on any atom is 0.163 e. The van der Waals surface area contributed by atoms with Crippen LogP contribution < -0.4 is 0 Å². The number of hydrogen-bond acceptors (Lipinski definition) is 1. The molecule has 0 radical (unpaired) electrons. The number of ketones is 1. The van der Waals surface area contributed by atoms with E-state index in [1.165, 1.54) is 16.7 Å². The van der Waals surface area contributed by atoms with Gasteiger partial charge in [-0.15, -0.1) is 0 Å². The predicted molar refractivity (Wildman–Crippen MR) is 71.5 cm³/mol. The predicted octanol–water partition coefficient (Wildman–Crippen LogP) is 4.09. The van der Waals surface area contributed by atoms with Crippen LogP contribution >= 0.6 is 0 Å². The normalized spacial score (nSPS) is 20.3. The Morgan fingerprint density at radius 2 is 1.94 bits per heavy atom. The van der Waals surface area contributed by atoms with Gasteiger partial charge >= 0.3 is 0 Å². The number of aryl methyl sites for hydroxylation is 2. The Labute approximate surface area is 104 Å². The van der Waals surface area contributed by atoms with E-state index in [1.807, 2.05) is 0 Å². The Morgan fingerprint density at radius 3 is 2.59 bits per heavy atom. The van der Waals surface area contributed by atoms with Crippen LogP contribution in [0.15, 0.2) is 12.1 Å². The molecule has 2 rings (SSSR count). The first-order chi connectivity index (χ1) is 7.99. The molecule has 17 heavy (non-hydrogen) atoms. The molecule has 0 heterocycles. The van der Waals surface area contributed by atoms with Crippen LogP contribution in [0, 0.1) is 25.7 Å². The van der Waals surface area contributed by atoms with Crippen LogP contribution in [0.1, 0.15) is 53.7 Å². The molecule has 0 aliphatic heterocycles. The van der Waals surface area contributed by atoms with E-state index < -0.39 is 0 Å². The first-order valence-electron chi connectivity index (χ1n) is 6.62. The monoisotopic (exact) mass is 230 g/mol. The highest BCUT2D eigenvalue weighted by atomic mass is 16.1. The lowest BCUT2D eigenvalue weighted by molar-refractivity contribution is 0.0951. The molecule has 1 aromatic rings. The average molecular weight is 230 g/mol. The van der Waals surface area contributed by atoms with Crippen molar-refractivity contribution in [3.05, 3.63) is 34.4 Å². The van der Waals surface area contributed by atoms with E-state index in [1.54, 1.807) is 0 Å². The minimum Gasteiger partial charge on any atom is -0.294 e. The molecule has 1 nitrogen and oxygen atoms in total. The molecule has 1 aliphatic carbocycles. The van der Waals surface area contributed by atoms with Crippen LogP contribution in [0.25, 0.3) is 0 Å². The third kappa shape index (κ3) is 2.43. The molecule has 0 N–H and O–H groups in total. The molecular formula is C16H22O. The lowest BCUT2D eigenvalue weighted by Crippen LogP contribution is -2.12. The van der Waals surface area contributed by atoms with Crippen molar-refractivity contribution in [2.75, 3.05) is 0 Å². The number of Topliss-reactive ketones (excluding diaryl/α,β-unsaturated/α-hetero) is 1. The second kappa shape index (κ2) is 4.64. The summed E-state index contributed by atoms with van der Waals surface area (Å²) in [5.41, 5.74) is 4.78. The minimum atomic E-state index is 0.350. The Hall–Kier alpha value is -1.11. The Bertz CT molecular complexity index is 443. The van der Waals surface area contributed by atoms with Crippen molar-refractivity contribution >= 4 is 5.78 Å². The van der Waals surface area contributed by atoms with Gasteiger partial charge in [0.2, 0.25) is 0 Å². The summed E-state index contributed by atoms with van der Waals surface area (Å²) in [6, 6.07) is 4.27. The second-order valence-corrected chi connectivity index (χ2v) is 5.78. The molecule has 1 atom stereocenters. The van der Waals surface area contributed by atoms with Crippen molar-refractivity contribution in [3.8, 4) is 0 Å². The lowest BCUT2D eigenvalue weighted by Gasteiger charge is -2.16. The molecular weight excluding hydrogens is 208 g/mol. The highest BCUT2D eigenvalue weighted by Gasteiger charge is 2.25. The third-order valence-electron chi connectivity index (χ3n) is 4.07. The molecule has 0 saturated carbocycles. The van der Waals surface area contributed by atoms with Gasteiger partial charge in [0.1, 0.15) is 0 Å². The van der Waals surface area contributed by atoms with Gasteiger partial charge in [0.15, 0.2) is 5.78 Å². The topological polar surface area (TPSA) is 17.1 Å². The number of benzene rings is 1. The van der Waals surface area contributed by atoms with Gasteiger partial charge in [0.25, 0.3) is 0 Å². The quantitative estimate of drug-likeness (QED) is 0.664. The standard InChI is InChI=1S/C16H22O/c1-10(2)13-5-6-14-12(4)7-11(3)8-15(14)16(17)9-13/h7-8,10,13H,5-6,9H2,1-4H3/t13-/m0/s1. The summed E-state index contributed by atoms with van der Waals surface area (Å²) in [6.45, 7) is 8.66. The summed E-state index contributed by atoms with van der Waals surface area (Å²) in [5.74, 6) is 1.51. The highest BCUT2D eigenvalue weighted by molar-refractivity contribution is 5.98. The molecule has 0 amide bonds. The van der Waals surface area contributed by atoms with E-state index in [2.05, 4.69) is 39.8 Å². The van der Waals surface area contributed by atoms with Gasteiger partial charge in [-0.25, -0.2) is 0 Å². The van der Waals surface area contributed by atoms with E-state index in [4.69, 9.17) is 0 Å². The zero-order chi connectivity index (χ0) is 12.6. The molecule has 0 bridgehead atoms. The first-order valence-corrected chi connectivity index (χ1v) is 6.62. The summed E-state index contributed by atoms with van der Waals surface area (Å²) in [6.07, 6.45) is 2.95. The molecule has 0 fully saturated rings. The highest BCUT2D eigenvalue weighted by Crippen LogP contribution is 2.31. The molecule has 1 aromatic carbocycles. The lowest BCUT2D eigenvalue weighted by atomic mass is 9.88. The van der Waals surface area contributed by atoms with E-state index in [0.717, 1.165) is 24.8 Å².